The number of amides is 1. The number of para-hydroxylation sites is 1. The second-order valence-corrected chi connectivity index (χ2v) is 3.75. The van der Waals surface area contributed by atoms with Crippen molar-refractivity contribution in [3.05, 3.63) is 30.3 Å². The van der Waals surface area contributed by atoms with Gasteiger partial charge in [-0.25, -0.2) is 0 Å². The number of nitrogens with one attached hydrogen (secondary N) is 2. The molecule has 0 aliphatic rings. The van der Waals surface area contributed by atoms with E-state index >= 15 is 0 Å². The Kier molecular flexibility index (Phi) is 6.07. The molecule has 2 N–H and O–H groups in total. The Morgan fingerprint density at radius 3 is 2.62 bits per heavy atom. The number of rotatable bonds is 7. The zero-order chi connectivity index (χ0) is 11.6. The maximum absolute atomic E-state index is 11.3. The summed E-state index contributed by atoms with van der Waals surface area (Å²) in [4.78, 5) is 11.3. The first-order valence-corrected chi connectivity index (χ1v) is 5.88. The van der Waals surface area contributed by atoms with Crippen LogP contribution in [0.4, 0.5) is 5.69 Å². The molecule has 0 heterocycles. The van der Waals surface area contributed by atoms with Crippen molar-refractivity contribution in [3.63, 3.8) is 0 Å². The minimum atomic E-state index is 0.150. The molecule has 1 rings (SSSR count). The summed E-state index contributed by atoms with van der Waals surface area (Å²) in [5.41, 5.74) is 1.09. The summed E-state index contributed by atoms with van der Waals surface area (Å²) in [5.74, 6) is 0.150. The Hall–Kier alpha value is -1.51. The topological polar surface area (TPSA) is 41.1 Å². The summed E-state index contributed by atoms with van der Waals surface area (Å²) in [6.07, 6.45) is 2.68. The van der Waals surface area contributed by atoms with Crippen molar-refractivity contribution in [1.82, 2.24) is 5.32 Å². The van der Waals surface area contributed by atoms with Gasteiger partial charge in [0, 0.05) is 25.2 Å². The molecule has 0 fully saturated rings. The van der Waals surface area contributed by atoms with Crippen molar-refractivity contribution in [2.45, 2.75) is 26.2 Å². The molecule has 88 valence electrons. The Balaban J connectivity index is 2.06. The van der Waals surface area contributed by atoms with E-state index in [2.05, 4.69) is 17.6 Å². The van der Waals surface area contributed by atoms with Crippen LogP contribution >= 0.6 is 0 Å². The molecule has 0 atom stereocenters. The standard InChI is InChI=1S/C13H20N2O/c1-2-3-9-13(16)15-11-10-14-12-7-5-4-6-8-12/h4-8,14H,2-3,9-11H2,1H3,(H,15,16). The first-order valence-electron chi connectivity index (χ1n) is 5.88. The van der Waals surface area contributed by atoms with Crippen molar-refractivity contribution in [1.29, 1.82) is 0 Å². The SMILES string of the molecule is CCCCC(=O)NCCNc1ccccc1. The number of carbonyl (C=O) groups is 1. The highest BCUT2D eigenvalue weighted by molar-refractivity contribution is 5.75. The van der Waals surface area contributed by atoms with Crippen molar-refractivity contribution < 1.29 is 4.79 Å². The third-order valence-electron chi connectivity index (χ3n) is 2.31. The maximum atomic E-state index is 11.3. The van der Waals surface area contributed by atoms with Crippen LogP contribution in [0.5, 0.6) is 0 Å². The molecule has 0 radical (unpaired) electrons. The minimum Gasteiger partial charge on any atom is -0.383 e. The Labute approximate surface area is 97.2 Å². The summed E-state index contributed by atoms with van der Waals surface area (Å²) in [6, 6.07) is 9.99. The summed E-state index contributed by atoms with van der Waals surface area (Å²) in [7, 11) is 0. The van der Waals surface area contributed by atoms with Crippen molar-refractivity contribution in [2.75, 3.05) is 18.4 Å². The maximum Gasteiger partial charge on any atom is 0.220 e. The molecule has 1 aromatic rings. The highest BCUT2D eigenvalue weighted by Gasteiger charge is 1.98. The van der Waals surface area contributed by atoms with Crippen LogP contribution in [0.2, 0.25) is 0 Å². The molecule has 0 spiro atoms. The lowest BCUT2D eigenvalue weighted by atomic mass is 10.2. The fraction of sp³-hybridized carbons (Fsp3) is 0.462. The van der Waals surface area contributed by atoms with Gasteiger partial charge in [-0.2, -0.15) is 0 Å². The summed E-state index contributed by atoms with van der Waals surface area (Å²) in [6.45, 7) is 3.53. The van der Waals surface area contributed by atoms with E-state index < -0.39 is 0 Å². The predicted molar refractivity (Wildman–Crippen MR) is 67.5 cm³/mol. The van der Waals surface area contributed by atoms with E-state index in [9.17, 15) is 4.79 Å². The summed E-state index contributed by atoms with van der Waals surface area (Å²) >= 11 is 0. The number of hydrogen-bond donors (Lipinski definition) is 2. The lowest BCUT2D eigenvalue weighted by Gasteiger charge is -2.07. The second kappa shape index (κ2) is 7.74. The Morgan fingerprint density at radius 2 is 1.94 bits per heavy atom. The van der Waals surface area contributed by atoms with E-state index in [0.29, 0.717) is 13.0 Å². The molecule has 3 nitrogen and oxygen atoms in total. The van der Waals surface area contributed by atoms with Gasteiger partial charge in [-0.15, -0.1) is 0 Å². The van der Waals surface area contributed by atoms with E-state index in [1.165, 1.54) is 0 Å². The first kappa shape index (κ1) is 12.6. The van der Waals surface area contributed by atoms with E-state index in [1.807, 2.05) is 30.3 Å². The molecule has 16 heavy (non-hydrogen) atoms. The lowest BCUT2D eigenvalue weighted by molar-refractivity contribution is -0.121. The van der Waals surface area contributed by atoms with E-state index in [-0.39, 0.29) is 5.91 Å². The van der Waals surface area contributed by atoms with E-state index in [1.54, 1.807) is 0 Å². The third-order valence-corrected chi connectivity index (χ3v) is 2.31. The van der Waals surface area contributed by atoms with Gasteiger partial charge >= 0.3 is 0 Å². The Morgan fingerprint density at radius 1 is 1.19 bits per heavy atom. The smallest absolute Gasteiger partial charge is 0.220 e. The quantitative estimate of drug-likeness (QED) is 0.693. The molecule has 0 aliphatic carbocycles. The molecular weight excluding hydrogens is 200 g/mol. The number of unbranched alkanes of at least 4 members (excludes halogenated alkanes) is 1. The van der Waals surface area contributed by atoms with Gasteiger partial charge in [0.15, 0.2) is 0 Å². The third kappa shape index (κ3) is 5.39. The average Bonchev–Trinajstić information content (AvgIpc) is 2.33. The molecule has 1 amide bonds. The van der Waals surface area contributed by atoms with Crippen LogP contribution in [0.15, 0.2) is 30.3 Å². The van der Waals surface area contributed by atoms with Crippen LogP contribution in [0.1, 0.15) is 26.2 Å². The van der Waals surface area contributed by atoms with Gasteiger partial charge in [0.2, 0.25) is 5.91 Å². The van der Waals surface area contributed by atoms with Crippen LogP contribution in [0.3, 0.4) is 0 Å². The molecule has 0 aromatic heterocycles. The van der Waals surface area contributed by atoms with Crippen molar-refractivity contribution >= 4 is 11.6 Å². The van der Waals surface area contributed by atoms with E-state index in [0.717, 1.165) is 25.1 Å². The van der Waals surface area contributed by atoms with Gasteiger partial charge in [0.25, 0.3) is 0 Å². The largest absolute Gasteiger partial charge is 0.383 e. The van der Waals surface area contributed by atoms with Crippen LogP contribution in [0.25, 0.3) is 0 Å². The normalized spacial score (nSPS) is 9.81. The molecule has 0 saturated heterocycles. The average molecular weight is 220 g/mol. The van der Waals surface area contributed by atoms with Gasteiger partial charge in [0.05, 0.1) is 0 Å². The van der Waals surface area contributed by atoms with Gasteiger partial charge in [-0.1, -0.05) is 31.5 Å². The highest BCUT2D eigenvalue weighted by Crippen LogP contribution is 2.03. The zero-order valence-corrected chi connectivity index (χ0v) is 9.83. The van der Waals surface area contributed by atoms with Gasteiger partial charge < -0.3 is 10.6 Å². The van der Waals surface area contributed by atoms with Gasteiger partial charge in [-0.05, 0) is 18.6 Å². The number of carbonyl (C=O) groups excluding carboxylic acids is 1. The Bertz CT molecular complexity index is 298. The fourth-order valence-electron chi connectivity index (χ4n) is 1.39. The van der Waals surface area contributed by atoms with Crippen LogP contribution in [-0.4, -0.2) is 19.0 Å². The van der Waals surface area contributed by atoms with Crippen LogP contribution < -0.4 is 10.6 Å². The highest BCUT2D eigenvalue weighted by atomic mass is 16.1. The predicted octanol–water partition coefficient (Wildman–Crippen LogP) is 2.40. The molecule has 1 aromatic carbocycles. The number of hydrogen-bond acceptors (Lipinski definition) is 2. The molecule has 0 saturated carbocycles. The second-order valence-electron chi connectivity index (χ2n) is 3.75. The van der Waals surface area contributed by atoms with Gasteiger partial charge in [0.1, 0.15) is 0 Å². The molecule has 0 unspecified atom stereocenters. The van der Waals surface area contributed by atoms with Gasteiger partial charge in [-0.3, -0.25) is 4.79 Å². The summed E-state index contributed by atoms with van der Waals surface area (Å²) in [5, 5.41) is 6.13. The van der Waals surface area contributed by atoms with E-state index in [4.69, 9.17) is 0 Å². The summed E-state index contributed by atoms with van der Waals surface area (Å²) < 4.78 is 0. The monoisotopic (exact) mass is 220 g/mol. The molecule has 0 aliphatic heterocycles. The van der Waals surface area contributed by atoms with Crippen molar-refractivity contribution in [2.24, 2.45) is 0 Å². The zero-order valence-electron chi connectivity index (χ0n) is 9.83. The number of benzene rings is 1. The van der Waals surface area contributed by atoms with Crippen LogP contribution in [0, 0.1) is 0 Å². The number of anilines is 1. The first-order chi connectivity index (χ1) is 7.83. The molecule has 0 bridgehead atoms. The lowest BCUT2D eigenvalue weighted by Crippen LogP contribution is -2.28. The molecule has 3 heteroatoms. The minimum absolute atomic E-state index is 0.150. The van der Waals surface area contributed by atoms with Crippen LogP contribution in [-0.2, 0) is 4.79 Å². The molecular formula is C13H20N2O. The fourth-order valence-corrected chi connectivity index (χ4v) is 1.39. The van der Waals surface area contributed by atoms with Crippen molar-refractivity contribution in [3.8, 4) is 0 Å².